The van der Waals surface area contributed by atoms with Crippen LogP contribution in [0, 0.1) is 0 Å². The Kier molecular flexibility index (Phi) is 7.85. The molecule has 110 valence electrons. The molecule has 0 spiro atoms. The molecule has 0 aliphatic carbocycles. The Balaban J connectivity index is 0.00000162. The summed E-state index contributed by atoms with van der Waals surface area (Å²) in [7, 11) is 0. The Bertz CT molecular complexity index is 395. The van der Waals surface area contributed by atoms with Crippen LogP contribution in [0.25, 0.3) is 0 Å². The number of anilines is 3. The number of aliphatic hydroxyl groups is 2. The molecule has 1 aromatic rings. The molecule has 19 heavy (non-hydrogen) atoms. The van der Waals surface area contributed by atoms with Crippen molar-refractivity contribution < 1.29 is 10.2 Å². The zero-order chi connectivity index (χ0) is 12.3. The maximum Gasteiger partial charge on any atom is 0.152 e. The second-order valence-corrected chi connectivity index (χ2v) is 4.03. The first kappa shape index (κ1) is 18.0. The van der Waals surface area contributed by atoms with Gasteiger partial charge in [0.05, 0.1) is 30.8 Å². The molecule has 0 radical (unpaired) electrons. The van der Waals surface area contributed by atoms with Gasteiger partial charge in [0, 0.05) is 26.2 Å². The van der Waals surface area contributed by atoms with Crippen LogP contribution in [-0.4, -0.2) is 54.6 Å². The van der Waals surface area contributed by atoms with Gasteiger partial charge in [-0.3, -0.25) is 0 Å². The number of rotatable bonds is 4. The number of halogens is 2. The summed E-state index contributed by atoms with van der Waals surface area (Å²) in [6, 6.07) is 1.86. The van der Waals surface area contributed by atoms with Crippen molar-refractivity contribution >= 4 is 42.0 Å². The summed E-state index contributed by atoms with van der Waals surface area (Å²) in [5.74, 6) is 0.827. The van der Waals surface area contributed by atoms with Gasteiger partial charge in [-0.25, -0.2) is 4.98 Å². The van der Waals surface area contributed by atoms with Gasteiger partial charge in [0.1, 0.15) is 0 Å². The molecule has 2 rings (SSSR count). The SMILES string of the molecule is Cl.Cl.Nc1cnc2c(c1)N(CCO)CCN2CCO. The van der Waals surface area contributed by atoms with Crippen molar-refractivity contribution in [2.24, 2.45) is 0 Å². The van der Waals surface area contributed by atoms with Crippen LogP contribution in [0.3, 0.4) is 0 Å². The Hall–Kier alpha value is -0.950. The van der Waals surface area contributed by atoms with Crippen LogP contribution in [0.5, 0.6) is 0 Å². The molecule has 0 aromatic carbocycles. The highest BCUT2D eigenvalue weighted by Crippen LogP contribution is 2.31. The Morgan fingerprint density at radius 1 is 1.11 bits per heavy atom. The highest BCUT2D eigenvalue weighted by atomic mass is 35.5. The van der Waals surface area contributed by atoms with E-state index in [9.17, 15) is 0 Å². The number of pyridine rings is 1. The minimum absolute atomic E-state index is 0. The first-order chi connectivity index (χ1) is 8.26. The first-order valence-electron chi connectivity index (χ1n) is 5.73. The van der Waals surface area contributed by atoms with E-state index in [0.717, 1.165) is 24.6 Å². The molecule has 1 aliphatic rings. The molecular weight excluding hydrogens is 291 g/mol. The topological polar surface area (TPSA) is 85.8 Å². The molecular formula is C11H20Cl2N4O2. The van der Waals surface area contributed by atoms with Crippen molar-refractivity contribution in [3.63, 3.8) is 0 Å². The molecule has 2 heterocycles. The van der Waals surface area contributed by atoms with Crippen LogP contribution < -0.4 is 15.5 Å². The first-order valence-corrected chi connectivity index (χ1v) is 5.73. The van der Waals surface area contributed by atoms with E-state index in [2.05, 4.69) is 9.88 Å². The largest absolute Gasteiger partial charge is 0.397 e. The second-order valence-electron chi connectivity index (χ2n) is 4.03. The lowest BCUT2D eigenvalue weighted by Crippen LogP contribution is -2.43. The van der Waals surface area contributed by atoms with E-state index >= 15 is 0 Å². The van der Waals surface area contributed by atoms with Crippen LogP contribution in [-0.2, 0) is 0 Å². The smallest absolute Gasteiger partial charge is 0.152 e. The van der Waals surface area contributed by atoms with Gasteiger partial charge in [-0.05, 0) is 6.07 Å². The fraction of sp³-hybridized carbons (Fsp3) is 0.545. The Morgan fingerprint density at radius 3 is 2.32 bits per heavy atom. The summed E-state index contributed by atoms with van der Waals surface area (Å²) in [6.07, 6.45) is 1.62. The number of nitrogen functional groups attached to an aromatic ring is 1. The Labute approximate surface area is 125 Å². The summed E-state index contributed by atoms with van der Waals surface area (Å²) in [6.45, 7) is 2.95. The summed E-state index contributed by atoms with van der Waals surface area (Å²) in [5, 5.41) is 18.1. The zero-order valence-electron chi connectivity index (χ0n) is 10.5. The summed E-state index contributed by atoms with van der Waals surface area (Å²) >= 11 is 0. The minimum Gasteiger partial charge on any atom is -0.397 e. The van der Waals surface area contributed by atoms with Gasteiger partial charge < -0.3 is 25.7 Å². The molecule has 4 N–H and O–H groups in total. The Morgan fingerprint density at radius 2 is 1.68 bits per heavy atom. The van der Waals surface area contributed by atoms with Gasteiger partial charge in [0.15, 0.2) is 5.82 Å². The van der Waals surface area contributed by atoms with Gasteiger partial charge in [-0.1, -0.05) is 0 Å². The van der Waals surface area contributed by atoms with Crippen molar-refractivity contribution in [3.8, 4) is 0 Å². The lowest BCUT2D eigenvalue weighted by Gasteiger charge is -2.37. The van der Waals surface area contributed by atoms with Crippen LogP contribution >= 0.6 is 24.8 Å². The predicted octanol–water partition coefficient (Wildman–Crippen LogP) is 0.118. The molecule has 1 aromatic heterocycles. The van der Waals surface area contributed by atoms with E-state index in [-0.39, 0.29) is 38.0 Å². The molecule has 0 atom stereocenters. The third-order valence-corrected chi connectivity index (χ3v) is 2.89. The van der Waals surface area contributed by atoms with Crippen LogP contribution in [0.2, 0.25) is 0 Å². The highest BCUT2D eigenvalue weighted by Gasteiger charge is 2.23. The number of β-amino-alcohol motifs (C(OH)–C–C–N with tert-alkyl or cyclic N) is 2. The number of nitrogens with zero attached hydrogens (tertiary/aromatic N) is 3. The monoisotopic (exact) mass is 310 g/mol. The average molecular weight is 311 g/mol. The van der Waals surface area contributed by atoms with Gasteiger partial charge in [-0.15, -0.1) is 24.8 Å². The van der Waals surface area contributed by atoms with Gasteiger partial charge in [0.25, 0.3) is 0 Å². The number of nitrogens with two attached hydrogens (primary N) is 1. The van der Waals surface area contributed by atoms with Crippen molar-refractivity contribution in [2.45, 2.75) is 0 Å². The van der Waals surface area contributed by atoms with Crippen molar-refractivity contribution in [1.29, 1.82) is 0 Å². The van der Waals surface area contributed by atoms with E-state index in [1.54, 1.807) is 6.20 Å². The third-order valence-electron chi connectivity index (χ3n) is 2.89. The molecule has 8 heteroatoms. The quantitative estimate of drug-likeness (QED) is 0.732. The van der Waals surface area contributed by atoms with E-state index in [4.69, 9.17) is 15.9 Å². The second kappa shape index (κ2) is 8.27. The number of hydrogen-bond acceptors (Lipinski definition) is 6. The van der Waals surface area contributed by atoms with Crippen LogP contribution in [0.15, 0.2) is 12.3 Å². The maximum absolute atomic E-state index is 9.04. The fourth-order valence-corrected chi connectivity index (χ4v) is 2.10. The van der Waals surface area contributed by atoms with E-state index in [1.165, 1.54) is 0 Å². The van der Waals surface area contributed by atoms with E-state index < -0.39 is 0 Å². The summed E-state index contributed by atoms with van der Waals surface area (Å²) in [4.78, 5) is 8.41. The summed E-state index contributed by atoms with van der Waals surface area (Å²) in [5.41, 5.74) is 7.28. The lowest BCUT2D eigenvalue weighted by molar-refractivity contribution is 0.296. The van der Waals surface area contributed by atoms with Crippen molar-refractivity contribution in [1.82, 2.24) is 4.98 Å². The molecule has 6 nitrogen and oxygen atoms in total. The number of fused-ring (bicyclic) bond motifs is 1. The molecule has 0 fully saturated rings. The lowest BCUT2D eigenvalue weighted by atomic mass is 10.2. The van der Waals surface area contributed by atoms with E-state index in [0.29, 0.717) is 18.8 Å². The zero-order valence-corrected chi connectivity index (χ0v) is 12.2. The molecule has 0 saturated heterocycles. The highest BCUT2D eigenvalue weighted by molar-refractivity contribution is 5.85. The summed E-state index contributed by atoms with van der Waals surface area (Å²) < 4.78 is 0. The predicted molar refractivity (Wildman–Crippen MR) is 81.7 cm³/mol. The number of aliphatic hydroxyl groups excluding tert-OH is 2. The minimum atomic E-state index is 0. The average Bonchev–Trinajstić information content (AvgIpc) is 2.32. The normalized spacial score (nSPS) is 13.4. The molecule has 0 unspecified atom stereocenters. The fourth-order valence-electron chi connectivity index (χ4n) is 2.10. The number of hydrogen-bond donors (Lipinski definition) is 3. The molecule has 0 saturated carbocycles. The molecule has 0 amide bonds. The van der Waals surface area contributed by atoms with Gasteiger partial charge in [0.2, 0.25) is 0 Å². The number of aromatic nitrogens is 1. The van der Waals surface area contributed by atoms with Crippen molar-refractivity contribution in [3.05, 3.63) is 12.3 Å². The molecule has 0 bridgehead atoms. The maximum atomic E-state index is 9.04. The van der Waals surface area contributed by atoms with E-state index in [1.807, 2.05) is 11.0 Å². The van der Waals surface area contributed by atoms with Crippen LogP contribution in [0.1, 0.15) is 0 Å². The third kappa shape index (κ3) is 4.01. The van der Waals surface area contributed by atoms with Gasteiger partial charge in [-0.2, -0.15) is 0 Å². The van der Waals surface area contributed by atoms with Crippen molar-refractivity contribution in [2.75, 3.05) is 54.9 Å². The van der Waals surface area contributed by atoms with Crippen LogP contribution in [0.4, 0.5) is 17.2 Å². The molecule has 1 aliphatic heterocycles. The standard InChI is InChI=1S/C11H18N4O2.2ClH/c12-9-7-10-11(13-8-9)15(4-6-17)2-1-14(10)3-5-16;;/h7-8,16-17H,1-6,12H2;2*1H. The van der Waals surface area contributed by atoms with Gasteiger partial charge >= 0.3 is 0 Å².